The SMILES string of the molecule is Cn1nc(NC(=O)CCOC2CCOCC2)sc1=O. The molecule has 0 bridgehead atoms. The molecule has 8 heteroatoms. The summed E-state index contributed by atoms with van der Waals surface area (Å²) in [6.45, 7) is 1.82. The highest BCUT2D eigenvalue weighted by atomic mass is 32.1. The van der Waals surface area contributed by atoms with E-state index >= 15 is 0 Å². The molecular weight excluding hydrogens is 270 g/mol. The van der Waals surface area contributed by atoms with Gasteiger partial charge < -0.3 is 14.8 Å². The van der Waals surface area contributed by atoms with Crippen LogP contribution in [0.5, 0.6) is 0 Å². The van der Waals surface area contributed by atoms with Gasteiger partial charge in [-0.05, 0) is 24.2 Å². The first-order valence-corrected chi connectivity index (χ1v) is 7.00. The smallest absolute Gasteiger partial charge is 0.326 e. The molecule has 0 spiro atoms. The van der Waals surface area contributed by atoms with Gasteiger partial charge in [-0.15, -0.1) is 5.10 Å². The Morgan fingerprint density at radius 3 is 2.95 bits per heavy atom. The van der Waals surface area contributed by atoms with E-state index in [0.29, 0.717) is 11.7 Å². The van der Waals surface area contributed by atoms with Crippen molar-refractivity contribution >= 4 is 22.4 Å². The van der Waals surface area contributed by atoms with Gasteiger partial charge in [0, 0.05) is 20.3 Å². The van der Waals surface area contributed by atoms with Gasteiger partial charge in [0.25, 0.3) is 0 Å². The number of hydrogen-bond donors (Lipinski definition) is 1. The molecule has 0 aliphatic carbocycles. The fourth-order valence-corrected chi connectivity index (χ4v) is 2.41. The Morgan fingerprint density at radius 1 is 1.58 bits per heavy atom. The minimum atomic E-state index is -0.200. The van der Waals surface area contributed by atoms with Crippen LogP contribution in [-0.4, -0.2) is 41.6 Å². The predicted octanol–water partition coefficient (Wildman–Crippen LogP) is 0.366. The van der Waals surface area contributed by atoms with E-state index in [2.05, 4.69) is 10.4 Å². The number of aryl methyl sites for hydroxylation is 1. The number of rotatable bonds is 5. The van der Waals surface area contributed by atoms with Gasteiger partial charge in [-0.25, -0.2) is 4.68 Å². The van der Waals surface area contributed by atoms with Crippen LogP contribution in [0.25, 0.3) is 0 Å². The second-order valence-corrected chi connectivity index (χ2v) is 5.22. The average Bonchev–Trinajstić information content (AvgIpc) is 2.69. The molecule has 1 fully saturated rings. The molecule has 0 atom stereocenters. The molecule has 1 N–H and O–H groups in total. The molecule has 1 aromatic rings. The number of aromatic nitrogens is 2. The Bertz CT molecular complexity index is 479. The maximum Gasteiger partial charge on any atom is 0.326 e. The topological polar surface area (TPSA) is 82.5 Å². The van der Waals surface area contributed by atoms with Gasteiger partial charge in [-0.1, -0.05) is 0 Å². The van der Waals surface area contributed by atoms with Gasteiger partial charge in [-0.2, -0.15) is 0 Å². The maximum absolute atomic E-state index is 11.6. The van der Waals surface area contributed by atoms with Gasteiger partial charge in [0.2, 0.25) is 11.0 Å². The monoisotopic (exact) mass is 287 g/mol. The largest absolute Gasteiger partial charge is 0.381 e. The molecule has 0 unspecified atom stereocenters. The Kier molecular flexibility index (Phi) is 5.06. The van der Waals surface area contributed by atoms with E-state index in [0.717, 1.165) is 37.4 Å². The van der Waals surface area contributed by atoms with Gasteiger partial charge in [-0.3, -0.25) is 9.59 Å². The van der Waals surface area contributed by atoms with Crippen LogP contribution in [0.1, 0.15) is 19.3 Å². The van der Waals surface area contributed by atoms with Crippen LogP contribution in [-0.2, 0) is 21.3 Å². The predicted molar refractivity (Wildman–Crippen MR) is 70.4 cm³/mol. The number of carbonyl (C=O) groups excluding carboxylic acids is 1. The van der Waals surface area contributed by atoms with Crippen LogP contribution < -0.4 is 10.2 Å². The Balaban J connectivity index is 1.68. The molecule has 106 valence electrons. The van der Waals surface area contributed by atoms with E-state index in [9.17, 15) is 9.59 Å². The van der Waals surface area contributed by atoms with Crippen molar-refractivity contribution in [2.75, 3.05) is 25.1 Å². The fourth-order valence-electron chi connectivity index (χ4n) is 1.74. The molecule has 0 saturated carbocycles. The highest BCUT2D eigenvalue weighted by molar-refractivity contribution is 7.13. The zero-order valence-corrected chi connectivity index (χ0v) is 11.6. The molecule has 2 heterocycles. The Hall–Kier alpha value is -1.25. The summed E-state index contributed by atoms with van der Waals surface area (Å²) in [5.74, 6) is -0.193. The molecule has 7 nitrogen and oxygen atoms in total. The molecule has 0 aromatic carbocycles. The summed E-state index contributed by atoms with van der Waals surface area (Å²) in [7, 11) is 1.54. The zero-order chi connectivity index (χ0) is 13.7. The van der Waals surface area contributed by atoms with E-state index in [-0.39, 0.29) is 23.3 Å². The number of nitrogens with one attached hydrogen (secondary N) is 1. The lowest BCUT2D eigenvalue weighted by atomic mass is 10.1. The molecule has 19 heavy (non-hydrogen) atoms. The lowest BCUT2D eigenvalue weighted by molar-refractivity contribution is -0.118. The second kappa shape index (κ2) is 6.78. The number of nitrogens with zero attached hydrogens (tertiary/aromatic N) is 2. The van der Waals surface area contributed by atoms with Gasteiger partial charge in [0.05, 0.1) is 19.1 Å². The number of ether oxygens (including phenoxy) is 2. The van der Waals surface area contributed by atoms with Crippen LogP contribution in [0.2, 0.25) is 0 Å². The lowest BCUT2D eigenvalue weighted by Crippen LogP contribution is -2.25. The van der Waals surface area contributed by atoms with E-state index in [1.54, 1.807) is 7.05 Å². The van der Waals surface area contributed by atoms with Crippen molar-refractivity contribution in [1.29, 1.82) is 0 Å². The highest BCUT2D eigenvalue weighted by Crippen LogP contribution is 2.11. The van der Waals surface area contributed by atoms with Crippen molar-refractivity contribution in [1.82, 2.24) is 9.78 Å². The van der Waals surface area contributed by atoms with Crippen LogP contribution >= 0.6 is 11.3 Å². The van der Waals surface area contributed by atoms with Crippen molar-refractivity contribution in [2.45, 2.75) is 25.4 Å². The van der Waals surface area contributed by atoms with E-state index < -0.39 is 0 Å². The van der Waals surface area contributed by atoms with Crippen molar-refractivity contribution in [3.8, 4) is 0 Å². The standard InChI is InChI=1S/C11H17N3O4S/c1-14-11(16)19-10(13-14)12-9(15)4-7-18-8-2-5-17-6-3-8/h8H,2-7H2,1H3,(H,12,13,15). The lowest BCUT2D eigenvalue weighted by Gasteiger charge is -2.22. The molecule has 1 amide bonds. The van der Waals surface area contributed by atoms with Crippen molar-refractivity contribution < 1.29 is 14.3 Å². The maximum atomic E-state index is 11.6. The van der Waals surface area contributed by atoms with E-state index in [1.165, 1.54) is 4.68 Å². The van der Waals surface area contributed by atoms with Crippen molar-refractivity contribution in [3.05, 3.63) is 9.67 Å². The van der Waals surface area contributed by atoms with E-state index in [1.807, 2.05) is 0 Å². The number of anilines is 1. The summed E-state index contributed by atoms with van der Waals surface area (Å²) in [5.41, 5.74) is 0. The van der Waals surface area contributed by atoms with Crippen LogP contribution in [0.3, 0.4) is 0 Å². The normalized spacial score (nSPS) is 16.5. The van der Waals surface area contributed by atoms with Crippen molar-refractivity contribution in [3.63, 3.8) is 0 Å². The number of carbonyl (C=O) groups is 1. The molecule has 1 aliphatic heterocycles. The highest BCUT2D eigenvalue weighted by Gasteiger charge is 2.15. The first-order valence-electron chi connectivity index (χ1n) is 6.18. The molecular formula is C11H17N3O4S. The molecule has 2 rings (SSSR count). The zero-order valence-electron chi connectivity index (χ0n) is 10.8. The molecule has 1 aromatic heterocycles. The number of hydrogen-bond acceptors (Lipinski definition) is 6. The second-order valence-electron chi connectivity index (χ2n) is 4.28. The first kappa shape index (κ1) is 14.2. The van der Waals surface area contributed by atoms with Crippen LogP contribution in [0, 0.1) is 0 Å². The fraction of sp³-hybridized carbons (Fsp3) is 0.727. The van der Waals surface area contributed by atoms with Gasteiger partial charge in [0.15, 0.2) is 0 Å². The quantitative estimate of drug-likeness (QED) is 0.846. The van der Waals surface area contributed by atoms with Crippen molar-refractivity contribution in [2.24, 2.45) is 7.05 Å². The Morgan fingerprint density at radius 2 is 2.32 bits per heavy atom. The third-order valence-electron chi connectivity index (χ3n) is 2.79. The minimum absolute atomic E-state index is 0.187. The molecule has 1 aliphatic rings. The Labute approximate surface area is 114 Å². The van der Waals surface area contributed by atoms with Gasteiger partial charge in [0.1, 0.15) is 0 Å². The summed E-state index contributed by atoms with van der Waals surface area (Å²) in [5, 5.41) is 6.79. The van der Waals surface area contributed by atoms with Gasteiger partial charge >= 0.3 is 4.87 Å². The summed E-state index contributed by atoms with van der Waals surface area (Å²) in [6.07, 6.45) is 2.20. The third-order valence-corrected chi connectivity index (χ3v) is 3.60. The first-order chi connectivity index (χ1) is 9.15. The average molecular weight is 287 g/mol. The minimum Gasteiger partial charge on any atom is -0.381 e. The van der Waals surface area contributed by atoms with Crippen LogP contribution in [0.15, 0.2) is 4.79 Å². The molecule has 0 radical (unpaired) electrons. The summed E-state index contributed by atoms with van der Waals surface area (Å²) in [6, 6.07) is 0. The number of amides is 1. The molecule has 1 saturated heterocycles. The van der Waals surface area contributed by atoms with E-state index in [4.69, 9.17) is 9.47 Å². The summed E-state index contributed by atoms with van der Waals surface area (Å²) >= 11 is 0.911. The third kappa shape index (κ3) is 4.41. The van der Waals surface area contributed by atoms with Crippen LogP contribution in [0.4, 0.5) is 5.13 Å². The summed E-state index contributed by atoms with van der Waals surface area (Å²) < 4.78 is 12.0. The summed E-state index contributed by atoms with van der Waals surface area (Å²) in [4.78, 5) is 22.6.